The number of nitrogens with zero attached hydrogens (tertiary/aromatic N) is 2. The largest absolute Gasteiger partial charge is 0.357 e. The molecule has 1 aromatic carbocycles. The molecule has 2 rings (SSSR count). The van der Waals surface area contributed by atoms with Gasteiger partial charge in [0, 0.05) is 24.2 Å². The lowest BCUT2D eigenvalue weighted by atomic mass is 10.1. The number of halogens is 1. The Kier molecular flexibility index (Phi) is 7.00. The van der Waals surface area contributed by atoms with Crippen LogP contribution in [0.5, 0.6) is 0 Å². The normalized spacial score (nSPS) is 11.5. The number of nitrogens with one attached hydrogen (secondary N) is 2. The molecule has 0 aliphatic rings. The fourth-order valence-electron chi connectivity index (χ4n) is 2.09. The number of thiazole rings is 1. The van der Waals surface area contributed by atoms with Crippen molar-refractivity contribution >= 4 is 17.3 Å². The fourth-order valence-corrected chi connectivity index (χ4v) is 2.88. The van der Waals surface area contributed by atoms with Crippen LogP contribution < -0.4 is 10.6 Å². The van der Waals surface area contributed by atoms with Gasteiger partial charge in [-0.15, -0.1) is 11.3 Å². The second-order valence-electron chi connectivity index (χ2n) is 5.08. The van der Waals surface area contributed by atoms with Crippen molar-refractivity contribution in [2.75, 3.05) is 13.1 Å². The minimum absolute atomic E-state index is 0.196. The molecule has 2 aromatic rings. The van der Waals surface area contributed by atoms with Gasteiger partial charge in [-0.25, -0.2) is 14.4 Å². The molecule has 0 saturated carbocycles. The molecule has 0 amide bonds. The molecule has 4 nitrogen and oxygen atoms in total. The van der Waals surface area contributed by atoms with E-state index in [1.54, 1.807) is 23.5 Å². The van der Waals surface area contributed by atoms with E-state index in [9.17, 15) is 4.39 Å². The molecule has 0 fully saturated rings. The van der Waals surface area contributed by atoms with Gasteiger partial charge in [-0.05, 0) is 37.5 Å². The van der Waals surface area contributed by atoms with E-state index >= 15 is 0 Å². The van der Waals surface area contributed by atoms with Crippen LogP contribution in [-0.2, 0) is 19.4 Å². The van der Waals surface area contributed by atoms with E-state index in [1.165, 1.54) is 10.9 Å². The predicted octanol–water partition coefficient (Wildman–Crippen LogP) is 3.14. The van der Waals surface area contributed by atoms with Crippen molar-refractivity contribution in [1.82, 2.24) is 15.6 Å². The van der Waals surface area contributed by atoms with Crippen LogP contribution in [0.15, 0.2) is 35.5 Å². The first-order valence-corrected chi connectivity index (χ1v) is 8.73. The van der Waals surface area contributed by atoms with Crippen LogP contribution in [0.2, 0.25) is 0 Å². The zero-order valence-corrected chi connectivity index (χ0v) is 14.4. The summed E-state index contributed by atoms with van der Waals surface area (Å²) in [4.78, 5) is 10.2. The van der Waals surface area contributed by atoms with Gasteiger partial charge in [0.25, 0.3) is 0 Å². The van der Waals surface area contributed by atoms with Crippen LogP contribution in [0.25, 0.3) is 0 Å². The third kappa shape index (κ3) is 5.98. The molecule has 0 radical (unpaired) electrons. The highest BCUT2D eigenvalue weighted by molar-refractivity contribution is 7.11. The number of aryl methyl sites for hydroxylation is 1. The third-order valence-corrected chi connectivity index (χ3v) is 4.39. The van der Waals surface area contributed by atoms with Gasteiger partial charge < -0.3 is 10.6 Å². The maximum Gasteiger partial charge on any atom is 0.191 e. The molecule has 1 aromatic heterocycles. The minimum Gasteiger partial charge on any atom is -0.357 e. The summed E-state index contributed by atoms with van der Waals surface area (Å²) in [5.41, 5.74) is 0.973. The van der Waals surface area contributed by atoms with E-state index in [-0.39, 0.29) is 5.82 Å². The van der Waals surface area contributed by atoms with E-state index in [4.69, 9.17) is 0 Å². The van der Waals surface area contributed by atoms with Gasteiger partial charge in [-0.1, -0.05) is 19.1 Å². The zero-order chi connectivity index (χ0) is 16.5. The summed E-state index contributed by atoms with van der Waals surface area (Å²) in [5, 5.41) is 7.50. The fraction of sp³-hybridized carbons (Fsp3) is 0.412. The molecule has 2 N–H and O–H groups in total. The first kappa shape index (κ1) is 17.4. The molecule has 6 heteroatoms. The van der Waals surface area contributed by atoms with Gasteiger partial charge in [-0.2, -0.15) is 0 Å². The van der Waals surface area contributed by atoms with Crippen molar-refractivity contribution in [3.05, 3.63) is 51.7 Å². The molecule has 124 valence electrons. The summed E-state index contributed by atoms with van der Waals surface area (Å²) in [6.07, 6.45) is 3.67. The molecular formula is C17H23FN4S. The quantitative estimate of drug-likeness (QED) is 0.604. The van der Waals surface area contributed by atoms with E-state index in [1.807, 2.05) is 19.2 Å². The van der Waals surface area contributed by atoms with Crippen molar-refractivity contribution in [3.8, 4) is 0 Å². The number of hydrogen-bond acceptors (Lipinski definition) is 3. The van der Waals surface area contributed by atoms with Crippen molar-refractivity contribution in [2.45, 2.75) is 33.2 Å². The lowest BCUT2D eigenvalue weighted by molar-refractivity contribution is 0.625. The van der Waals surface area contributed by atoms with Crippen LogP contribution in [-0.4, -0.2) is 24.0 Å². The Balaban J connectivity index is 1.86. The number of benzene rings is 1. The van der Waals surface area contributed by atoms with Crippen LogP contribution in [0.1, 0.15) is 29.3 Å². The highest BCUT2D eigenvalue weighted by Crippen LogP contribution is 2.13. The number of rotatable bonds is 7. The summed E-state index contributed by atoms with van der Waals surface area (Å²) in [5.74, 6) is 0.565. The summed E-state index contributed by atoms with van der Waals surface area (Å²) in [6.45, 7) is 6.22. The van der Waals surface area contributed by atoms with E-state index in [0.29, 0.717) is 13.1 Å². The Hall–Kier alpha value is -1.95. The average Bonchev–Trinajstić information content (AvgIpc) is 3.01. The highest BCUT2D eigenvalue weighted by atomic mass is 32.1. The van der Waals surface area contributed by atoms with Gasteiger partial charge in [0.2, 0.25) is 0 Å². The topological polar surface area (TPSA) is 49.3 Å². The van der Waals surface area contributed by atoms with Gasteiger partial charge in [0.05, 0.1) is 6.54 Å². The van der Waals surface area contributed by atoms with Gasteiger partial charge in [-0.3, -0.25) is 0 Å². The van der Waals surface area contributed by atoms with Crippen LogP contribution >= 0.6 is 11.3 Å². The number of hydrogen-bond donors (Lipinski definition) is 2. The van der Waals surface area contributed by atoms with Gasteiger partial charge >= 0.3 is 0 Å². The summed E-state index contributed by atoms with van der Waals surface area (Å²) in [7, 11) is 0. The SMILES string of the molecule is CCNC(=NCc1ncc(CC)s1)NCCc1cccc(F)c1. The molecule has 0 unspecified atom stereocenters. The average molecular weight is 334 g/mol. The second-order valence-corrected chi connectivity index (χ2v) is 6.28. The van der Waals surface area contributed by atoms with Crippen LogP contribution in [0.4, 0.5) is 4.39 Å². The van der Waals surface area contributed by atoms with E-state index in [0.717, 1.165) is 35.9 Å². The zero-order valence-electron chi connectivity index (χ0n) is 13.6. The lowest BCUT2D eigenvalue weighted by Crippen LogP contribution is -2.38. The highest BCUT2D eigenvalue weighted by Gasteiger charge is 2.02. The third-order valence-electron chi connectivity index (χ3n) is 3.26. The maximum atomic E-state index is 13.2. The van der Waals surface area contributed by atoms with Crippen molar-refractivity contribution in [1.29, 1.82) is 0 Å². The summed E-state index contributed by atoms with van der Waals surface area (Å²) >= 11 is 1.70. The molecule has 0 aliphatic carbocycles. The van der Waals surface area contributed by atoms with E-state index in [2.05, 4.69) is 27.5 Å². The first-order valence-electron chi connectivity index (χ1n) is 7.91. The molecule has 0 atom stereocenters. The van der Waals surface area contributed by atoms with Crippen LogP contribution in [0, 0.1) is 5.82 Å². The van der Waals surface area contributed by atoms with Crippen LogP contribution in [0.3, 0.4) is 0 Å². The van der Waals surface area contributed by atoms with Crippen molar-refractivity contribution in [3.63, 3.8) is 0 Å². The van der Waals surface area contributed by atoms with Gasteiger partial charge in [0.15, 0.2) is 5.96 Å². The van der Waals surface area contributed by atoms with Crippen molar-refractivity contribution in [2.24, 2.45) is 4.99 Å². The van der Waals surface area contributed by atoms with Crippen molar-refractivity contribution < 1.29 is 4.39 Å². The smallest absolute Gasteiger partial charge is 0.191 e. The monoisotopic (exact) mass is 334 g/mol. The number of aliphatic imine (C=N–C) groups is 1. The molecule has 23 heavy (non-hydrogen) atoms. The molecule has 1 heterocycles. The molecule has 0 bridgehead atoms. The standard InChI is InChI=1S/C17H23FN4S/c1-3-15-11-21-16(23-15)12-22-17(19-4-2)20-9-8-13-6-5-7-14(18)10-13/h5-7,10-11H,3-4,8-9,12H2,1-2H3,(H2,19,20,22). The summed E-state index contributed by atoms with van der Waals surface area (Å²) < 4.78 is 13.2. The number of guanidine groups is 1. The molecule has 0 aliphatic heterocycles. The molecular weight excluding hydrogens is 311 g/mol. The predicted molar refractivity (Wildman–Crippen MR) is 94.4 cm³/mol. The Morgan fingerprint density at radius 1 is 1.30 bits per heavy atom. The lowest BCUT2D eigenvalue weighted by Gasteiger charge is -2.11. The molecule has 0 saturated heterocycles. The Morgan fingerprint density at radius 2 is 2.17 bits per heavy atom. The van der Waals surface area contributed by atoms with Gasteiger partial charge in [0.1, 0.15) is 10.8 Å². The number of aromatic nitrogens is 1. The Labute approximate surface area is 140 Å². The Morgan fingerprint density at radius 3 is 2.87 bits per heavy atom. The Bertz CT molecular complexity index is 639. The minimum atomic E-state index is -0.196. The summed E-state index contributed by atoms with van der Waals surface area (Å²) in [6, 6.07) is 6.68. The van der Waals surface area contributed by atoms with E-state index < -0.39 is 0 Å². The maximum absolute atomic E-state index is 13.2. The first-order chi connectivity index (χ1) is 11.2. The molecule has 0 spiro atoms. The second kappa shape index (κ2) is 9.25.